The average Bonchev–Trinajstić information content (AvgIpc) is 2.68. The predicted octanol–water partition coefficient (Wildman–Crippen LogP) is 3.15. The van der Waals surface area contributed by atoms with Gasteiger partial charge in [0.15, 0.2) is 0 Å². The first kappa shape index (κ1) is 10.7. The Morgan fingerprint density at radius 1 is 1.47 bits per heavy atom. The van der Waals surface area contributed by atoms with Crippen molar-refractivity contribution in [2.45, 2.75) is 38.6 Å². The normalized spacial score (nSPS) is 22.5. The number of carbonyl (C=O) groups excluding carboxylic acids is 1. The van der Waals surface area contributed by atoms with Crippen LogP contribution in [0.15, 0.2) is 17.5 Å². The minimum Gasteiger partial charge on any atom is -0.335 e. The van der Waals surface area contributed by atoms with Gasteiger partial charge in [0.1, 0.15) is 0 Å². The Balaban J connectivity index is 2.11. The number of hydrogen-bond acceptors (Lipinski definition) is 2. The molecule has 0 radical (unpaired) electrons. The molecule has 0 spiro atoms. The summed E-state index contributed by atoms with van der Waals surface area (Å²) in [6.07, 6.45) is 4.83. The number of nitrogens with zero attached hydrogens (tertiary/aromatic N) is 1. The molecular formula is C12H17NOS. The van der Waals surface area contributed by atoms with E-state index in [1.807, 2.05) is 22.4 Å². The van der Waals surface area contributed by atoms with E-state index < -0.39 is 0 Å². The number of carbonyl (C=O) groups is 1. The topological polar surface area (TPSA) is 20.3 Å². The smallest absolute Gasteiger partial charge is 0.264 e. The molecule has 0 aromatic carbocycles. The van der Waals surface area contributed by atoms with E-state index in [0.29, 0.717) is 6.04 Å². The molecular weight excluding hydrogens is 206 g/mol. The van der Waals surface area contributed by atoms with Crippen molar-refractivity contribution in [2.75, 3.05) is 6.54 Å². The quantitative estimate of drug-likeness (QED) is 0.716. The summed E-state index contributed by atoms with van der Waals surface area (Å²) in [4.78, 5) is 15.1. The maximum atomic E-state index is 12.2. The summed E-state index contributed by atoms with van der Waals surface area (Å²) in [5.41, 5.74) is 0. The van der Waals surface area contributed by atoms with Crippen LogP contribution >= 0.6 is 11.3 Å². The second-order valence-corrected chi connectivity index (χ2v) is 5.12. The van der Waals surface area contributed by atoms with Crippen molar-refractivity contribution in [1.29, 1.82) is 0 Å². The Bertz CT molecular complexity index is 320. The van der Waals surface area contributed by atoms with E-state index >= 15 is 0 Å². The molecule has 15 heavy (non-hydrogen) atoms. The lowest BCUT2D eigenvalue weighted by Crippen LogP contribution is -2.37. The zero-order valence-corrected chi connectivity index (χ0v) is 9.93. The molecule has 1 amide bonds. The van der Waals surface area contributed by atoms with Gasteiger partial charge in [0.25, 0.3) is 5.91 Å². The maximum absolute atomic E-state index is 12.2. The second-order valence-electron chi connectivity index (χ2n) is 4.17. The minimum absolute atomic E-state index is 0.222. The van der Waals surface area contributed by atoms with Gasteiger partial charge in [0.05, 0.1) is 4.88 Å². The second kappa shape index (κ2) is 4.79. The first-order chi connectivity index (χ1) is 7.29. The zero-order valence-electron chi connectivity index (χ0n) is 9.11. The monoisotopic (exact) mass is 223 g/mol. The highest BCUT2D eigenvalue weighted by Crippen LogP contribution is 2.20. The van der Waals surface area contributed by atoms with Crippen LogP contribution in [0.5, 0.6) is 0 Å². The van der Waals surface area contributed by atoms with E-state index in [0.717, 1.165) is 24.3 Å². The van der Waals surface area contributed by atoms with Gasteiger partial charge in [-0.25, -0.2) is 0 Å². The van der Waals surface area contributed by atoms with Crippen molar-refractivity contribution in [3.8, 4) is 0 Å². The molecule has 2 heterocycles. The Hall–Kier alpha value is -0.830. The van der Waals surface area contributed by atoms with Gasteiger partial charge >= 0.3 is 0 Å². The van der Waals surface area contributed by atoms with E-state index in [9.17, 15) is 4.79 Å². The fourth-order valence-electron chi connectivity index (χ4n) is 2.12. The van der Waals surface area contributed by atoms with Gasteiger partial charge in [0, 0.05) is 12.6 Å². The summed E-state index contributed by atoms with van der Waals surface area (Å²) in [5.74, 6) is 0.222. The van der Waals surface area contributed by atoms with Crippen LogP contribution in [0, 0.1) is 0 Å². The van der Waals surface area contributed by atoms with Gasteiger partial charge in [-0.15, -0.1) is 11.3 Å². The highest BCUT2D eigenvalue weighted by molar-refractivity contribution is 7.12. The largest absolute Gasteiger partial charge is 0.335 e. The highest BCUT2D eigenvalue weighted by Gasteiger charge is 2.23. The van der Waals surface area contributed by atoms with Crippen LogP contribution in [-0.2, 0) is 0 Å². The van der Waals surface area contributed by atoms with Crippen molar-refractivity contribution >= 4 is 17.2 Å². The molecule has 0 bridgehead atoms. The maximum Gasteiger partial charge on any atom is 0.264 e. The van der Waals surface area contributed by atoms with E-state index in [2.05, 4.69) is 6.92 Å². The SMILES string of the molecule is CC1CCCCCN1C(=O)c1cccs1. The van der Waals surface area contributed by atoms with Gasteiger partial charge in [-0.05, 0) is 31.2 Å². The molecule has 1 aliphatic heterocycles. The third-order valence-electron chi connectivity index (χ3n) is 3.05. The van der Waals surface area contributed by atoms with Gasteiger partial charge in [-0.1, -0.05) is 18.9 Å². The van der Waals surface area contributed by atoms with Crippen LogP contribution in [-0.4, -0.2) is 23.4 Å². The number of hydrogen-bond donors (Lipinski definition) is 0. The van der Waals surface area contributed by atoms with E-state index in [4.69, 9.17) is 0 Å². The molecule has 1 aromatic rings. The summed E-state index contributed by atoms with van der Waals surface area (Å²) >= 11 is 1.54. The molecule has 3 heteroatoms. The van der Waals surface area contributed by atoms with Gasteiger partial charge in [-0.2, -0.15) is 0 Å². The zero-order chi connectivity index (χ0) is 10.7. The molecule has 82 valence electrons. The molecule has 1 atom stereocenters. The molecule has 0 N–H and O–H groups in total. The molecule has 1 fully saturated rings. The molecule has 2 rings (SSSR count). The number of amides is 1. The van der Waals surface area contributed by atoms with E-state index in [1.165, 1.54) is 12.8 Å². The van der Waals surface area contributed by atoms with Crippen molar-refractivity contribution < 1.29 is 4.79 Å². The molecule has 1 aliphatic rings. The molecule has 1 unspecified atom stereocenters. The lowest BCUT2D eigenvalue weighted by atomic mass is 10.1. The number of rotatable bonds is 1. The Morgan fingerprint density at radius 3 is 3.07 bits per heavy atom. The minimum atomic E-state index is 0.222. The van der Waals surface area contributed by atoms with E-state index in [-0.39, 0.29) is 5.91 Å². The predicted molar refractivity (Wildman–Crippen MR) is 63.3 cm³/mol. The molecule has 2 nitrogen and oxygen atoms in total. The Labute approximate surface area is 94.9 Å². The number of likely N-dealkylation sites (tertiary alicyclic amines) is 1. The third-order valence-corrected chi connectivity index (χ3v) is 3.90. The van der Waals surface area contributed by atoms with Crippen LogP contribution in [0.4, 0.5) is 0 Å². The molecule has 0 aliphatic carbocycles. The molecule has 1 aromatic heterocycles. The lowest BCUT2D eigenvalue weighted by Gasteiger charge is -2.26. The average molecular weight is 223 g/mol. The van der Waals surface area contributed by atoms with Crippen molar-refractivity contribution in [2.24, 2.45) is 0 Å². The lowest BCUT2D eigenvalue weighted by molar-refractivity contribution is 0.0703. The Morgan fingerprint density at radius 2 is 2.33 bits per heavy atom. The van der Waals surface area contributed by atoms with Gasteiger partial charge in [-0.3, -0.25) is 4.79 Å². The summed E-state index contributed by atoms with van der Waals surface area (Å²) in [7, 11) is 0. The fourth-order valence-corrected chi connectivity index (χ4v) is 2.80. The first-order valence-electron chi connectivity index (χ1n) is 5.63. The van der Waals surface area contributed by atoms with E-state index in [1.54, 1.807) is 11.3 Å². The third kappa shape index (κ3) is 2.40. The summed E-state index contributed by atoms with van der Waals surface area (Å²) in [6, 6.07) is 4.27. The summed E-state index contributed by atoms with van der Waals surface area (Å²) < 4.78 is 0. The summed E-state index contributed by atoms with van der Waals surface area (Å²) in [5, 5.41) is 1.97. The van der Waals surface area contributed by atoms with Crippen molar-refractivity contribution in [3.63, 3.8) is 0 Å². The molecule has 1 saturated heterocycles. The van der Waals surface area contributed by atoms with Crippen molar-refractivity contribution in [1.82, 2.24) is 4.90 Å². The summed E-state index contributed by atoms with van der Waals surface area (Å²) in [6.45, 7) is 3.09. The fraction of sp³-hybridized carbons (Fsp3) is 0.583. The van der Waals surface area contributed by atoms with Crippen LogP contribution in [0.25, 0.3) is 0 Å². The Kier molecular flexibility index (Phi) is 3.41. The first-order valence-corrected chi connectivity index (χ1v) is 6.51. The van der Waals surface area contributed by atoms with Crippen LogP contribution in [0.3, 0.4) is 0 Å². The highest BCUT2D eigenvalue weighted by atomic mass is 32.1. The van der Waals surface area contributed by atoms with Crippen LogP contribution in [0.1, 0.15) is 42.3 Å². The standard InChI is InChI=1S/C12H17NOS/c1-10-6-3-2-4-8-13(10)12(14)11-7-5-9-15-11/h5,7,9-10H,2-4,6,8H2,1H3. The molecule has 0 saturated carbocycles. The van der Waals surface area contributed by atoms with Crippen LogP contribution in [0.2, 0.25) is 0 Å². The van der Waals surface area contributed by atoms with Gasteiger partial charge < -0.3 is 4.90 Å². The number of thiophene rings is 1. The van der Waals surface area contributed by atoms with Crippen LogP contribution < -0.4 is 0 Å². The van der Waals surface area contributed by atoms with Gasteiger partial charge in [0.2, 0.25) is 0 Å². The van der Waals surface area contributed by atoms with Crippen molar-refractivity contribution in [3.05, 3.63) is 22.4 Å².